The zero-order chi connectivity index (χ0) is 16.5. The minimum atomic E-state index is -0.132. The third-order valence-electron chi connectivity index (χ3n) is 4.47. The van der Waals surface area contributed by atoms with Crippen molar-refractivity contribution in [1.29, 1.82) is 0 Å². The fraction of sp³-hybridized carbons (Fsp3) is 0.412. The number of ether oxygens (including phenoxy) is 1. The average molecular weight is 325 g/mol. The molecule has 4 rings (SSSR count). The highest BCUT2D eigenvalue weighted by Crippen LogP contribution is 2.39. The molecule has 0 spiro atoms. The number of nitrogens with zero attached hydrogens (tertiary/aromatic N) is 4. The van der Waals surface area contributed by atoms with Gasteiger partial charge in [0.1, 0.15) is 5.82 Å². The number of likely N-dealkylation sites (tertiary alicyclic amines) is 1. The molecule has 1 aliphatic carbocycles. The van der Waals surface area contributed by atoms with Crippen molar-refractivity contribution in [2.75, 3.05) is 25.5 Å². The fourth-order valence-corrected chi connectivity index (χ4v) is 2.77. The lowest BCUT2D eigenvalue weighted by Crippen LogP contribution is -2.50. The molecule has 24 heavy (non-hydrogen) atoms. The van der Waals surface area contributed by atoms with Crippen LogP contribution >= 0.6 is 0 Å². The zero-order valence-electron chi connectivity index (χ0n) is 13.5. The Hall–Kier alpha value is -2.70. The number of methoxy groups -OCH3 is 1. The number of carbonyl (C=O) groups is 1. The van der Waals surface area contributed by atoms with E-state index >= 15 is 0 Å². The highest BCUT2D eigenvalue weighted by molar-refractivity contribution is 5.89. The molecular formula is C17H19N5O2. The van der Waals surface area contributed by atoms with Gasteiger partial charge in [0.25, 0.3) is 0 Å². The highest BCUT2D eigenvalue weighted by Gasteiger charge is 2.34. The van der Waals surface area contributed by atoms with Gasteiger partial charge < -0.3 is 15.0 Å². The maximum Gasteiger partial charge on any atom is 0.321 e. The predicted octanol–water partition coefficient (Wildman–Crippen LogP) is 2.39. The Morgan fingerprint density at radius 1 is 1.12 bits per heavy atom. The van der Waals surface area contributed by atoms with Crippen molar-refractivity contribution in [3.63, 3.8) is 0 Å². The van der Waals surface area contributed by atoms with Crippen LogP contribution in [0.4, 0.5) is 10.5 Å². The normalized spacial score (nSPS) is 17.3. The van der Waals surface area contributed by atoms with Crippen LogP contribution in [0.25, 0.3) is 0 Å². The van der Waals surface area contributed by atoms with Crippen LogP contribution in [0.2, 0.25) is 0 Å². The van der Waals surface area contributed by atoms with Crippen molar-refractivity contribution in [3.05, 3.63) is 42.1 Å². The van der Waals surface area contributed by atoms with Gasteiger partial charge in [-0.1, -0.05) is 0 Å². The van der Waals surface area contributed by atoms with Crippen LogP contribution in [-0.2, 0) is 0 Å². The molecular weight excluding hydrogens is 306 g/mol. The molecule has 1 N–H and O–H groups in total. The van der Waals surface area contributed by atoms with Gasteiger partial charge >= 0.3 is 6.03 Å². The zero-order valence-corrected chi connectivity index (χ0v) is 13.5. The number of nitrogens with one attached hydrogen (secondary N) is 1. The lowest BCUT2D eigenvalue weighted by atomic mass is 9.99. The van der Waals surface area contributed by atoms with E-state index in [1.54, 1.807) is 30.3 Å². The van der Waals surface area contributed by atoms with Gasteiger partial charge in [-0.2, -0.15) is 0 Å². The molecule has 0 bridgehead atoms. The second kappa shape index (κ2) is 6.07. The largest absolute Gasteiger partial charge is 0.481 e. The van der Waals surface area contributed by atoms with Crippen LogP contribution in [0.3, 0.4) is 0 Å². The summed E-state index contributed by atoms with van der Waals surface area (Å²) in [5, 5.41) is 2.83. The summed E-state index contributed by atoms with van der Waals surface area (Å²) in [4.78, 5) is 26.9. The maximum atomic E-state index is 12.2. The summed E-state index contributed by atoms with van der Waals surface area (Å²) < 4.78 is 5.00. The molecule has 1 saturated heterocycles. The Morgan fingerprint density at radius 2 is 1.88 bits per heavy atom. The predicted molar refractivity (Wildman–Crippen MR) is 88.1 cm³/mol. The summed E-state index contributed by atoms with van der Waals surface area (Å²) in [5.74, 6) is 2.23. The molecule has 2 aliphatic rings. The third-order valence-corrected chi connectivity index (χ3v) is 4.47. The summed E-state index contributed by atoms with van der Waals surface area (Å²) in [6.45, 7) is 1.27. The number of anilines is 1. The quantitative estimate of drug-likeness (QED) is 0.933. The van der Waals surface area contributed by atoms with Crippen molar-refractivity contribution in [2.24, 2.45) is 0 Å². The summed E-state index contributed by atoms with van der Waals surface area (Å²) in [6.07, 6.45) is 7.95. The van der Waals surface area contributed by atoms with E-state index in [-0.39, 0.29) is 11.9 Å². The van der Waals surface area contributed by atoms with E-state index in [2.05, 4.69) is 20.3 Å². The number of amides is 2. The smallest absolute Gasteiger partial charge is 0.321 e. The first kappa shape index (κ1) is 14.9. The lowest BCUT2D eigenvalue weighted by Gasteiger charge is -2.38. The van der Waals surface area contributed by atoms with Crippen LogP contribution in [0.1, 0.15) is 36.1 Å². The Morgan fingerprint density at radius 3 is 2.46 bits per heavy atom. The molecule has 2 aromatic heterocycles. The molecule has 0 radical (unpaired) electrons. The molecule has 7 heteroatoms. The SMILES string of the molecule is COc1ccc(NC(=O)N2CC(c3ncc(C4CC4)cn3)C2)cn1. The average Bonchev–Trinajstić information content (AvgIpc) is 3.40. The molecule has 2 aromatic rings. The first-order valence-electron chi connectivity index (χ1n) is 8.11. The molecule has 0 atom stereocenters. The number of carbonyl (C=O) groups excluding carboxylic acids is 1. The van der Waals surface area contributed by atoms with Crippen LogP contribution in [0.5, 0.6) is 5.88 Å². The number of urea groups is 1. The Labute approximate surface area is 140 Å². The number of aromatic nitrogens is 3. The van der Waals surface area contributed by atoms with E-state index in [0.29, 0.717) is 30.6 Å². The van der Waals surface area contributed by atoms with Gasteiger partial charge in [0, 0.05) is 31.5 Å². The molecule has 2 fully saturated rings. The number of hydrogen-bond acceptors (Lipinski definition) is 5. The molecule has 2 amide bonds. The molecule has 1 saturated carbocycles. The number of rotatable bonds is 4. The van der Waals surface area contributed by atoms with Crippen molar-refractivity contribution >= 4 is 11.7 Å². The fourth-order valence-electron chi connectivity index (χ4n) is 2.77. The highest BCUT2D eigenvalue weighted by atomic mass is 16.5. The lowest BCUT2D eigenvalue weighted by molar-refractivity contribution is 0.160. The monoisotopic (exact) mass is 325 g/mol. The topological polar surface area (TPSA) is 80.2 Å². The third kappa shape index (κ3) is 3.02. The molecule has 7 nitrogen and oxygen atoms in total. The maximum absolute atomic E-state index is 12.2. The molecule has 0 unspecified atom stereocenters. The number of pyridine rings is 1. The van der Waals surface area contributed by atoms with Crippen LogP contribution in [-0.4, -0.2) is 46.1 Å². The van der Waals surface area contributed by atoms with Crippen LogP contribution in [0.15, 0.2) is 30.7 Å². The minimum Gasteiger partial charge on any atom is -0.481 e. The van der Waals surface area contributed by atoms with Gasteiger partial charge in [-0.15, -0.1) is 0 Å². The molecule has 1 aliphatic heterocycles. The van der Waals surface area contributed by atoms with E-state index in [9.17, 15) is 4.79 Å². The van der Waals surface area contributed by atoms with Gasteiger partial charge in [0.15, 0.2) is 0 Å². The first-order chi connectivity index (χ1) is 11.7. The Balaban J connectivity index is 1.30. The van der Waals surface area contributed by atoms with Crippen molar-refractivity contribution in [3.8, 4) is 5.88 Å². The molecule has 0 aromatic carbocycles. The standard InChI is InChI=1S/C17H19N5O2/c1-24-15-5-4-14(8-18-15)21-17(23)22-9-13(10-22)16-19-6-12(7-20-16)11-2-3-11/h4-8,11,13H,2-3,9-10H2,1H3,(H,21,23). The second-order valence-corrected chi connectivity index (χ2v) is 6.27. The minimum absolute atomic E-state index is 0.132. The van der Waals surface area contributed by atoms with Crippen molar-refractivity contribution < 1.29 is 9.53 Å². The van der Waals surface area contributed by atoms with E-state index in [0.717, 1.165) is 5.82 Å². The Kier molecular flexibility index (Phi) is 3.76. The van der Waals surface area contributed by atoms with E-state index in [4.69, 9.17) is 4.74 Å². The molecule has 3 heterocycles. The van der Waals surface area contributed by atoms with Crippen LogP contribution in [0, 0.1) is 0 Å². The van der Waals surface area contributed by atoms with E-state index in [1.165, 1.54) is 18.4 Å². The first-order valence-corrected chi connectivity index (χ1v) is 8.11. The van der Waals surface area contributed by atoms with Gasteiger partial charge in [-0.3, -0.25) is 0 Å². The Bertz CT molecular complexity index is 722. The summed E-state index contributed by atoms with van der Waals surface area (Å²) in [5.41, 5.74) is 1.88. The number of hydrogen-bond donors (Lipinski definition) is 1. The second-order valence-electron chi connectivity index (χ2n) is 6.27. The van der Waals surface area contributed by atoms with Crippen LogP contribution < -0.4 is 10.1 Å². The van der Waals surface area contributed by atoms with Gasteiger partial charge in [-0.25, -0.2) is 19.7 Å². The van der Waals surface area contributed by atoms with Gasteiger partial charge in [-0.05, 0) is 30.4 Å². The summed E-state index contributed by atoms with van der Waals surface area (Å²) in [6, 6.07) is 3.35. The van der Waals surface area contributed by atoms with Gasteiger partial charge in [0.2, 0.25) is 5.88 Å². The molecule has 124 valence electrons. The van der Waals surface area contributed by atoms with Crippen molar-refractivity contribution in [1.82, 2.24) is 19.9 Å². The van der Waals surface area contributed by atoms with E-state index in [1.807, 2.05) is 12.4 Å². The van der Waals surface area contributed by atoms with Crippen molar-refractivity contribution in [2.45, 2.75) is 24.7 Å². The summed E-state index contributed by atoms with van der Waals surface area (Å²) >= 11 is 0. The summed E-state index contributed by atoms with van der Waals surface area (Å²) in [7, 11) is 1.56. The van der Waals surface area contributed by atoms with E-state index < -0.39 is 0 Å². The van der Waals surface area contributed by atoms with Gasteiger partial charge in [0.05, 0.1) is 24.9 Å².